The summed E-state index contributed by atoms with van der Waals surface area (Å²) in [5.41, 5.74) is 0. The van der Waals surface area contributed by atoms with Crippen molar-refractivity contribution >= 4 is 16.5 Å². The number of aromatic nitrogens is 1. The molecule has 1 aliphatic carbocycles. The van der Waals surface area contributed by atoms with E-state index in [2.05, 4.69) is 17.2 Å². The van der Waals surface area contributed by atoms with Gasteiger partial charge in [-0.3, -0.25) is 0 Å². The second kappa shape index (κ2) is 6.09. The van der Waals surface area contributed by atoms with Crippen molar-refractivity contribution in [2.24, 2.45) is 0 Å². The van der Waals surface area contributed by atoms with E-state index >= 15 is 0 Å². The van der Waals surface area contributed by atoms with E-state index in [1.54, 1.807) is 6.20 Å². The Morgan fingerprint density at radius 2 is 2.21 bits per heavy atom. The smallest absolute Gasteiger partial charge is 0.336 e. The summed E-state index contributed by atoms with van der Waals surface area (Å²) in [5.74, 6) is 0. The molecule has 1 heterocycles. The molecule has 108 valence electrons. The van der Waals surface area contributed by atoms with E-state index in [0.717, 1.165) is 30.7 Å². The van der Waals surface area contributed by atoms with Crippen LogP contribution in [0.25, 0.3) is 0 Å². The lowest BCUT2D eigenvalue weighted by Gasteiger charge is -2.22. The van der Waals surface area contributed by atoms with Gasteiger partial charge in [-0.05, 0) is 25.8 Å². The first-order valence-corrected chi connectivity index (χ1v) is 7.30. The number of hydrogen-bond donors (Lipinski definition) is 1. The van der Waals surface area contributed by atoms with Crippen molar-refractivity contribution in [2.45, 2.75) is 44.9 Å². The van der Waals surface area contributed by atoms with Crippen LogP contribution in [0, 0.1) is 0 Å². The van der Waals surface area contributed by atoms with Gasteiger partial charge in [0.2, 0.25) is 0 Å². The van der Waals surface area contributed by atoms with Crippen LogP contribution in [0.4, 0.5) is 18.3 Å². The van der Waals surface area contributed by atoms with Crippen molar-refractivity contribution in [1.82, 2.24) is 10.3 Å². The first-order valence-electron chi connectivity index (χ1n) is 6.48. The van der Waals surface area contributed by atoms with Crippen molar-refractivity contribution < 1.29 is 13.2 Å². The lowest BCUT2D eigenvalue weighted by atomic mass is 10.4. The highest BCUT2D eigenvalue weighted by Crippen LogP contribution is 2.36. The van der Waals surface area contributed by atoms with Crippen LogP contribution < -0.4 is 10.2 Å². The number of nitrogens with one attached hydrogen (secondary N) is 1. The summed E-state index contributed by atoms with van der Waals surface area (Å²) in [7, 11) is 0. The predicted octanol–water partition coefficient (Wildman–Crippen LogP) is 3.17. The summed E-state index contributed by atoms with van der Waals surface area (Å²) >= 11 is 1.35. The molecule has 1 fully saturated rings. The maximum Gasteiger partial charge on any atom is 0.406 e. The molecule has 0 aromatic carbocycles. The van der Waals surface area contributed by atoms with E-state index < -0.39 is 12.7 Å². The van der Waals surface area contributed by atoms with Gasteiger partial charge >= 0.3 is 6.18 Å². The molecular formula is C12H18F3N3S. The SMILES string of the molecule is CCCNCc1cnc(N(CC(F)(F)F)C2CC2)s1. The van der Waals surface area contributed by atoms with Crippen molar-refractivity contribution in [3.63, 3.8) is 0 Å². The predicted molar refractivity (Wildman–Crippen MR) is 70.5 cm³/mol. The summed E-state index contributed by atoms with van der Waals surface area (Å²) in [6, 6.07) is 0.0178. The number of thiazole rings is 1. The summed E-state index contributed by atoms with van der Waals surface area (Å²) in [4.78, 5) is 6.52. The molecule has 0 unspecified atom stereocenters. The first kappa shape index (κ1) is 14.6. The van der Waals surface area contributed by atoms with Crippen LogP contribution in [0.15, 0.2) is 6.20 Å². The molecule has 1 aliphatic rings. The van der Waals surface area contributed by atoms with Gasteiger partial charge in [-0.25, -0.2) is 4.98 Å². The van der Waals surface area contributed by atoms with Gasteiger partial charge < -0.3 is 10.2 Å². The molecule has 0 saturated heterocycles. The van der Waals surface area contributed by atoms with Crippen LogP contribution in [-0.4, -0.2) is 30.3 Å². The van der Waals surface area contributed by atoms with E-state index in [4.69, 9.17) is 0 Å². The van der Waals surface area contributed by atoms with E-state index in [-0.39, 0.29) is 6.04 Å². The number of rotatable bonds is 7. The zero-order valence-corrected chi connectivity index (χ0v) is 11.7. The number of alkyl halides is 3. The molecule has 1 aromatic rings. The van der Waals surface area contributed by atoms with Crippen molar-refractivity contribution in [2.75, 3.05) is 18.0 Å². The average Bonchev–Trinajstić information content (AvgIpc) is 3.05. The van der Waals surface area contributed by atoms with Crippen LogP contribution in [-0.2, 0) is 6.54 Å². The Balaban J connectivity index is 1.97. The Bertz CT molecular complexity index is 401. The van der Waals surface area contributed by atoms with Gasteiger partial charge in [0.15, 0.2) is 5.13 Å². The van der Waals surface area contributed by atoms with Gasteiger partial charge in [0.1, 0.15) is 6.54 Å². The van der Waals surface area contributed by atoms with Gasteiger partial charge in [-0.2, -0.15) is 13.2 Å². The number of anilines is 1. The van der Waals surface area contributed by atoms with E-state index in [9.17, 15) is 13.2 Å². The summed E-state index contributed by atoms with van der Waals surface area (Å²) < 4.78 is 37.7. The van der Waals surface area contributed by atoms with Crippen LogP contribution >= 0.6 is 11.3 Å². The molecule has 1 N–H and O–H groups in total. The number of nitrogens with zero attached hydrogens (tertiary/aromatic N) is 2. The Morgan fingerprint density at radius 1 is 1.47 bits per heavy atom. The fourth-order valence-corrected chi connectivity index (χ4v) is 2.78. The lowest BCUT2D eigenvalue weighted by molar-refractivity contribution is -0.120. The molecule has 0 bridgehead atoms. The molecule has 1 saturated carbocycles. The molecular weight excluding hydrogens is 275 g/mol. The quantitative estimate of drug-likeness (QED) is 0.783. The molecule has 0 amide bonds. The monoisotopic (exact) mass is 293 g/mol. The Morgan fingerprint density at radius 3 is 2.79 bits per heavy atom. The largest absolute Gasteiger partial charge is 0.406 e. The first-order chi connectivity index (χ1) is 8.99. The summed E-state index contributed by atoms with van der Waals surface area (Å²) in [5, 5.41) is 3.72. The maximum atomic E-state index is 12.6. The van der Waals surface area contributed by atoms with Crippen LogP contribution in [0.1, 0.15) is 31.1 Å². The van der Waals surface area contributed by atoms with Gasteiger partial charge in [0.25, 0.3) is 0 Å². The number of hydrogen-bond acceptors (Lipinski definition) is 4. The Kier molecular flexibility index (Phi) is 4.67. The van der Waals surface area contributed by atoms with Crippen molar-refractivity contribution in [3.8, 4) is 0 Å². The highest BCUT2D eigenvalue weighted by Gasteiger charge is 2.39. The molecule has 7 heteroatoms. The van der Waals surface area contributed by atoms with Gasteiger partial charge in [0, 0.05) is 23.7 Å². The molecule has 2 rings (SSSR count). The van der Waals surface area contributed by atoms with E-state index in [1.165, 1.54) is 16.2 Å². The minimum atomic E-state index is -4.17. The fraction of sp³-hybridized carbons (Fsp3) is 0.750. The molecule has 0 spiro atoms. The fourth-order valence-electron chi connectivity index (χ4n) is 1.83. The highest BCUT2D eigenvalue weighted by molar-refractivity contribution is 7.15. The van der Waals surface area contributed by atoms with Crippen LogP contribution in [0.2, 0.25) is 0 Å². The summed E-state index contributed by atoms with van der Waals surface area (Å²) in [6.45, 7) is 2.76. The molecule has 0 atom stereocenters. The highest BCUT2D eigenvalue weighted by atomic mass is 32.1. The molecule has 0 radical (unpaired) electrons. The Labute approximate surface area is 114 Å². The topological polar surface area (TPSA) is 28.2 Å². The standard InChI is InChI=1S/C12H18F3N3S/c1-2-5-16-6-10-7-17-11(19-10)18(9-3-4-9)8-12(13,14)15/h7,9,16H,2-6,8H2,1H3. The van der Waals surface area contributed by atoms with Crippen molar-refractivity contribution in [1.29, 1.82) is 0 Å². The van der Waals surface area contributed by atoms with Crippen LogP contribution in [0.3, 0.4) is 0 Å². The summed E-state index contributed by atoms with van der Waals surface area (Å²) in [6.07, 6.45) is 0.204. The normalized spacial score (nSPS) is 15.8. The molecule has 19 heavy (non-hydrogen) atoms. The third-order valence-corrected chi connectivity index (χ3v) is 3.88. The second-order valence-corrected chi connectivity index (χ2v) is 5.85. The third-order valence-electron chi connectivity index (χ3n) is 2.85. The minimum absolute atomic E-state index is 0.0178. The third kappa shape index (κ3) is 4.65. The van der Waals surface area contributed by atoms with E-state index in [0.29, 0.717) is 11.7 Å². The van der Waals surface area contributed by atoms with E-state index in [1.807, 2.05) is 0 Å². The molecule has 1 aromatic heterocycles. The van der Waals surface area contributed by atoms with Gasteiger partial charge in [-0.15, -0.1) is 11.3 Å². The minimum Gasteiger partial charge on any atom is -0.336 e. The average molecular weight is 293 g/mol. The van der Waals surface area contributed by atoms with Crippen LogP contribution in [0.5, 0.6) is 0 Å². The maximum absolute atomic E-state index is 12.6. The molecule has 3 nitrogen and oxygen atoms in total. The lowest BCUT2D eigenvalue weighted by Crippen LogP contribution is -2.35. The Hall–Kier alpha value is -0.820. The van der Waals surface area contributed by atoms with Gasteiger partial charge in [0.05, 0.1) is 0 Å². The number of halogens is 3. The molecule has 0 aliphatic heterocycles. The van der Waals surface area contributed by atoms with Crippen molar-refractivity contribution in [3.05, 3.63) is 11.1 Å². The zero-order chi connectivity index (χ0) is 13.9. The van der Waals surface area contributed by atoms with Gasteiger partial charge in [-0.1, -0.05) is 6.92 Å². The second-order valence-electron chi connectivity index (χ2n) is 4.76. The zero-order valence-electron chi connectivity index (χ0n) is 10.8.